The van der Waals surface area contributed by atoms with Gasteiger partial charge < -0.3 is 0 Å². The van der Waals surface area contributed by atoms with E-state index < -0.39 is 0 Å². The van der Waals surface area contributed by atoms with Crippen molar-refractivity contribution in [3.63, 3.8) is 0 Å². The molecule has 3 heteroatoms. The number of quaternary nitrogens is 1. The molecule has 0 radical (unpaired) electrons. The molecule has 0 heterocycles. The van der Waals surface area contributed by atoms with Crippen LogP contribution in [0.4, 0.5) is 5.69 Å². The van der Waals surface area contributed by atoms with Gasteiger partial charge in [-0.2, -0.15) is 0 Å². The van der Waals surface area contributed by atoms with E-state index >= 15 is 0 Å². The minimum absolute atomic E-state index is 0.0644. The minimum Gasteiger partial charge on any atom is -0.298 e. The second-order valence-corrected chi connectivity index (χ2v) is 5.95. The smallest absolute Gasteiger partial charge is 0.194 e. The monoisotopic (exact) mass is 266 g/mol. The van der Waals surface area contributed by atoms with E-state index in [1.54, 1.807) is 30.3 Å². The van der Waals surface area contributed by atoms with Crippen molar-refractivity contribution in [3.05, 3.63) is 64.7 Å². The molecule has 0 bridgehead atoms. The number of hydrogen-bond acceptors (Lipinski definition) is 2. The number of hydrogen-bond donors (Lipinski definition) is 0. The van der Waals surface area contributed by atoms with Crippen molar-refractivity contribution >= 4 is 17.3 Å². The van der Waals surface area contributed by atoms with Crippen LogP contribution in [0.1, 0.15) is 31.8 Å². The summed E-state index contributed by atoms with van der Waals surface area (Å²) >= 11 is 0. The van der Waals surface area contributed by atoms with Gasteiger partial charge in [-0.05, 0) is 12.1 Å². The summed E-state index contributed by atoms with van der Waals surface area (Å²) in [5.74, 6) is -0.131. The topological polar surface area (TPSA) is 34.1 Å². The predicted octanol–water partition coefficient (Wildman–Crippen LogP) is 2.66. The fourth-order valence-electron chi connectivity index (χ4n) is 2.50. The van der Waals surface area contributed by atoms with Crippen molar-refractivity contribution in [3.8, 4) is 0 Å². The first kappa shape index (κ1) is 12.8. The molecule has 100 valence electrons. The molecule has 0 spiro atoms. The maximum Gasteiger partial charge on any atom is 0.194 e. The van der Waals surface area contributed by atoms with Crippen molar-refractivity contribution in [1.29, 1.82) is 0 Å². The van der Waals surface area contributed by atoms with Crippen molar-refractivity contribution in [2.75, 3.05) is 21.1 Å². The fourth-order valence-corrected chi connectivity index (χ4v) is 2.50. The zero-order valence-electron chi connectivity index (χ0n) is 11.8. The summed E-state index contributed by atoms with van der Waals surface area (Å²) in [7, 11) is 6.10. The van der Waals surface area contributed by atoms with E-state index in [1.165, 1.54) is 0 Å². The quantitative estimate of drug-likeness (QED) is 0.635. The van der Waals surface area contributed by atoms with E-state index in [-0.39, 0.29) is 11.6 Å². The van der Waals surface area contributed by atoms with Gasteiger partial charge in [-0.1, -0.05) is 24.3 Å². The van der Waals surface area contributed by atoms with Crippen LogP contribution in [0.25, 0.3) is 0 Å². The molecule has 3 rings (SSSR count). The first-order valence-corrected chi connectivity index (χ1v) is 6.54. The van der Waals surface area contributed by atoms with Crippen molar-refractivity contribution < 1.29 is 9.59 Å². The molecule has 0 atom stereocenters. The van der Waals surface area contributed by atoms with Crippen LogP contribution < -0.4 is 4.48 Å². The number of rotatable bonds is 1. The van der Waals surface area contributed by atoms with Crippen LogP contribution >= 0.6 is 0 Å². The summed E-state index contributed by atoms with van der Waals surface area (Å²) in [5.41, 5.74) is 3.03. The Morgan fingerprint density at radius 3 is 1.75 bits per heavy atom. The van der Waals surface area contributed by atoms with Crippen molar-refractivity contribution in [1.82, 2.24) is 4.48 Å². The van der Waals surface area contributed by atoms with Crippen molar-refractivity contribution in [2.45, 2.75) is 0 Å². The summed E-state index contributed by atoms with van der Waals surface area (Å²) in [6.45, 7) is 0. The number of nitrogens with zero attached hydrogens (tertiary/aromatic N) is 1. The highest BCUT2D eigenvalue weighted by molar-refractivity contribution is 6.28. The zero-order chi connectivity index (χ0) is 14.5. The van der Waals surface area contributed by atoms with Gasteiger partial charge in [0, 0.05) is 28.3 Å². The molecule has 2 aromatic carbocycles. The normalized spacial score (nSPS) is 13.9. The summed E-state index contributed by atoms with van der Waals surface area (Å²) in [6.07, 6.45) is 0. The predicted molar refractivity (Wildman–Crippen MR) is 79.3 cm³/mol. The third-order valence-corrected chi connectivity index (χ3v) is 3.68. The number of fused-ring (bicyclic) bond motifs is 2. The van der Waals surface area contributed by atoms with E-state index in [4.69, 9.17) is 0 Å². The van der Waals surface area contributed by atoms with Crippen molar-refractivity contribution in [2.24, 2.45) is 0 Å². The van der Waals surface area contributed by atoms with E-state index in [1.807, 2.05) is 33.3 Å². The molecule has 3 nitrogen and oxygen atoms in total. The molecule has 1 aliphatic rings. The van der Waals surface area contributed by atoms with Crippen LogP contribution in [0.5, 0.6) is 0 Å². The minimum atomic E-state index is -0.0665. The lowest BCUT2D eigenvalue weighted by molar-refractivity contribution is 0.0979. The Labute approximate surface area is 118 Å². The van der Waals surface area contributed by atoms with Crippen LogP contribution in [0, 0.1) is 0 Å². The molecule has 2 aromatic rings. The Bertz CT molecular complexity index is 739. The Morgan fingerprint density at radius 1 is 0.700 bits per heavy atom. The number of ketones is 2. The Balaban J connectivity index is 2.24. The van der Waals surface area contributed by atoms with Crippen LogP contribution in [-0.2, 0) is 0 Å². The van der Waals surface area contributed by atoms with Gasteiger partial charge in [0.15, 0.2) is 11.6 Å². The van der Waals surface area contributed by atoms with Gasteiger partial charge in [0.25, 0.3) is 0 Å². The lowest BCUT2D eigenvalue weighted by Gasteiger charge is -2.25. The molecule has 0 saturated heterocycles. The molecule has 0 aliphatic heterocycles. The van der Waals surface area contributed by atoms with Gasteiger partial charge in [0.2, 0.25) is 0 Å². The van der Waals surface area contributed by atoms with Gasteiger partial charge in [0.1, 0.15) is 5.69 Å². The van der Waals surface area contributed by atoms with Crippen LogP contribution in [0.2, 0.25) is 0 Å². The van der Waals surface area contributed by atoms with Crippen LogP contribution in [0.15, 0.2) is 42.5 Å². The largest absolute Gasteiger partial charge is 0.298 e. The van der Waals surface area contributed by atoms with Crippen LogP contribution in [0.3, 0.4) is 0 Å². The lowest BCUT2D eigenvalue weighted by Crippen LogP contribution is -2.35. The average Bonchev–Trinajstić information content (AvgIpc) is 2.43. The first-order valence-electron chi connectivity index (χ1n) is 6.54. The molecule has 0 N–H and O–H groups in total. The number of benzene rings is 2. The number of carbonyl (C=O) groups excluding carboxylic acids is 2. The lowest BCUT2D eigenvalue weighted by atomic mass is 9.84. The first-order chi connectivity index (χ1) is 9.39. The standard InChI is InChI=1S/C17H16NO2/c1-18(2,3)11-8-9-14-15(10-11)17(20)13-7-5-4-6-12(13)16(14)19/h4-10H,1-3H3/q+1. The summed E-state index contributed by atoms with van der Waals surface area (Å²) < 4.78 is 0.608. The molecule has 0 saturated carbocycles. The van der Waals surface area contributed by atoms with E-state index in [0.29, 0.717) is 26.7 Å². The second-order valence-electron chi connectivity index (χ2n) is 5.95. The Hall–Kier alpha value is -2.26. The third kappa shape index (κ3) is 1.79. The van der Waals surface area contributed by atoms with E-state index in [2.05, 4.69) is 0 Å². The highest BCUT2D eigenvalue weighted by atomic mass is 16.1. The summed E-state index contributed by atoms with van der Waals surface area (Å²) in [5, 5.41) is 0. The maximum absolute atomic E-state index is 12.6. The highest BCUT2D eigenvalue weighted by Crippen LogP contribution is 2.30. The van der Waals surface area contributed by atoms with Gasteiger partial charge >= 0.3 is 0 Å². The summed E-state index contributed by atoms with van der Waals surface area (Å²) in [6, 6.07) is 12.5. The SMILES string of the molecule is C[N+](C)(C)c1ccc2c(c1)C(=O)c1ccccc1C2=O. The molecular formula is C17H16NO2+. The summed E-state index contributed by atoms with van der Waals surface area (Å²) in [4.78, 5) is 25.0. The zero-order valence-corrected chi connectivity index (χ0v) is 11.8. The maximum atomic E-state index is 12.6. The number of carbonyl (C=O) groups is 2. The van der Waals surface area contributed by atoms with Gasteiger partial charge in [0.05, 0.1) is 21.1 Å². The fraction of sp³-hybridized carbons (Fsp3) is 0.176. The molecule has 1 aliphatic carbocycles. The van der Waals surface area contributed by atoms with Gasteiger partial charge in [-0.3, -0.25) is 14.1 Å². The van der Waals surface area contributed by atoms with Gasteiger partial charge in [-0.15, -0.1) is 0 Å². The van der Waals surface area contributed by atoms with E-state index in [0.717, 1.165) is 5.69 Å². The Kier molecular flexibility index (Phi) is 2.63. The third-order valence-electron chi connectivity index (χ3n) is 3.68. The second kappa shape index (κ2) is 4.12. The molecule has 20 heavy (non-hydrogen) atoms. The van der Waals surface area contributed by atoms with Crippen LogP contribution in [-0.4, -0.2) is 32.7 Å². The van der Waals surface area contributed by atoms with E-state index in [9.17, 15) is 9.59 Å². The Morgan fingerprint density at radius 2 is 1.20 bits per heavy atom. The highest BCUT2D eigenvalue weighted by Gasteiger charge is 2.30. The molecule has 0 unspecified atom stereocenters. The average molecular weight is 266 g/mol. The van der Waals surface area contributed by atoms with Gasteiger partial charge in [-0.25, -0.2) is 0 Å². The molecule has 0 amide bonds. The molecular weight excluding hydrogens is 250 g/mol. The molecule has 0 aromatic heterocycles. The molecule has 0 fully saturated rings.